The topological polar surface area (TPSA) is 54.7 Å². The van der Waals surface area contributed by atoms with Crippen LogP contribution in [0.15, 0.2) is 47.7 Å². The average Bonchev–Trinajstić information content (AvgIpc) is 3.13. The number of piperidine rings is 1. The van der Waals surface area contributed by atoms with Crippen molar-refractivity contribution in [2.24, 2.45) is 4.99 Å². The number of benzene rings is 1. The molecule has 1 aliphatic rings. The molecule has 7 heteroatoms. The van der Waals surface area contributed by atoms with Gasteiger partial charge in [0.05, 0.1) is 18.0 Å². The first-order valence-corrected chi connectivity index (χ1v) is 8.96. The lowest BCUT2D eigenvalue weighted by atomic mass is 10.1. The minimum Gasteiger partial charge on any atom is -0.378 e. The monoisotopic (exact) mass is 469 g/mol. The summed E-state index contributed by atoms with van der Waals surface area (Å²) in [6.07, 6.45) is 6.45. The van der Waals surface area contributed by atoms with Gasteiger partial charge in [-0.3, -0.25) is 4.99 Å². The first kappa shape index (κ1) is 20.7. The molecule has 1 aliphatic heterocycles. The molecular formula is C19H28IN5O. The van der Waals surface area contributed by atoms with Gasteiger partial charge in [0.2, 0.25) is 0 Å². The van der Waals surface area contributed by atoms with Gasteiger partial charge in [0.15, 0.2) is 5.96 Å². The molecule has 26 heavy (non-hydrogen) atoms. The molecule has 2 heterocycles. The van der Waals surface area contributed by atoms with Crippen LogP contribution in [0.1, 0.15) is 25.3 Å². The van der Waals surface area contributed by atoms with E-state index in [9.17, 15) is 0 Å². The number of hydrogen-bond donors (Lipinski definition) is 1. The van der Waals surface area contributed by atoms with Crippen molar-refractivity contribution in [3.8, 4) is 5.69 Å². The van der Waals surface area contributed by atoms with Gasteiger partial charge in [-0.25, -0.2) is 4.68 Å². The van der Waals surface area contributed by atoms with Crippen molar-refractivity contribution in [3.05, 3.63) is 48.3 Å². The fourth-order valence-corrected chi connectivity index (χ4v) is 3.16. The van der Waals surface area contributed by atoms with Crippen LogP contribution in [0.5, 0.6) is 0 Å². The Morgan fingerprint density at radius 1 is 1.27 bits per heavy atom. The summed E-state index contributed by atoms with van der Waals surface area (Å²) in [5.74, 6) is 0.947. The zero-order valence-corrected chi connectivity index (χ0v) is 17.8. The largest absolute Gasteiger partial charge is 0.378 e. The molecule has 0 amide bonds. The third-order valence-electron chi connectivity index (χ3n) is 4.46. The molecule has 2 aromatic rings. The summed E-state index contributed by atoms with van der Waals surface area (Å²) in [4.78, 5) is 6.73. The molecule has 1 aromatic carbocycles. The lowest BCUT2D eigenvalue weighted by Crippen LogP contribution is -2.46. The Bertz CT molecular complexity index is 680. The second-order valence-corrected chi connectivity index (χ2v) is 6.17. The summed E-state index contributed by atoms with van der Waals surface area (Å²) in [5.41, 5.74) is 2.20. The van der Waals surface area contributed by atoms with Crippen molar-refractivity contribution >= 4 is 29.9 Å². The van der Waals surface area contributed by atoms with Crippen LogP contribution in [0, 0.1) is 0 Å². The van der Waals surface area contributed by atoms with E-state index in [1.807, 2.05) is 48.3 Å². The van der Waals surface area contributed by atoms with Crippen molar-refractivity contribution in [2.45, 2.75) is 32.4 Å². The van der Waals surface area contributed by atoms with Crippen molar-refractivity contribution in [3.63, 3.8) is 0 Å². The molecule has 1 fully saturated rings. The highest BCUT2D eigenvalue weighted by molar-refractivity contribution is 14.0. The van der Waals surface area contributed by atoms with Gasteiger partial charge in [-0.15, -0.1) is 24.0 Å². The number of ether oxygens (including phenoxy) is 1. The van der Waals surface area contributed by atoms with E-state index < -0.39 is 0 Å². The number of aromatic nitrogens is 2. The number of hydrogen-bond acceptors (Lipinski definition) is 3. The fraction of sp³-hybridized carbons (Fsp3) is 0.474. The third kappa shape index (κ3) is 5.44. The smallest absolute Gasteiger partial charge is 0.193 e. The molecule has 1 N–H and O–H groups in total. The Labute approximate surface area is 172 Å². The zero-order valence-electron chi connectivity index (χ0n) is 15.5. The highest BCUT2D eigenvalue weighted by Gasteiger charge is 2.21. The van der Waals surface area contributed by atoms with Crippen molar-refractivity contribution in [1.82, 2.24) is 20.0 Å². The van der Waals surface area contributed by atoms with E-state index in [0.29, 0.717) is 12.6 Å². The maximum Gasteiger partial charge on any atom is 0.193 e. The van der Waals surface area contributed by atoms with Crippen molar-refractivity contribution in [1.29, 1.82) is 0 Å². The Morgan fingerprint density at radius 2 is 2.00 bits per heavy atom. The normalized spacial score (nSPS) is 15.6. The number of nitrogens with one attached hydrogen (secondary N) is 1. The first-order chi connectivity index (χ1) is 12.3. The van der Waals surface area contributed by atoms with Crippen molar-refractivity contribution in [2.75, 3.05) is 26.7 Å². The van der Waals surface area contributed by atoms with Crippen LogP contribution >= 0.6 is 24.0 Å². The maximum absolute atomic E-state index is 5.72. The number of rotatable bonds is 5. The fourth-order valence-electron chi connectivity index (χ4n) is 3.16. The number of nitrogens with zero attached hydrogens (tertiary/aromatic N) is 4. The van der Waals surface area contributed by atoms with Crippen LogP contribution in [-0.2, 0) is 11.3 Å². The quantitative estimate of drug-likeness (QED) is 0.416. The first-order valence-electron chi connectivity index (χ1n) is 8.96. The summed E-state index contributed by atoms with van der Waals surface area (Å²) in [6.45, 7) is 5.53. The molecule has 0 radical (unpaired) electrons. The SMILES string of the molecule is CCOC1CCN(C(=NC)NCc2cnn(-c3ccccc3)c2)CC1.I. The Morgan fingerprint density at radius 3 is 2.65 bits per heavy atom. The maximum atomic E-state index is 5.72. The second kappa shape index (κ2) is 10.5. The van der Waals surface area contributed by atoms with Crippen LogP contribution in [0.4, 0.5) is 0 Å². The van der Waals surface area contributed by atoms with Gasteiger partial charge in [0.1, 0.15) is 0 Å². The summed E-state index contributed by atoms with van der Waals surface area (Å²) in [7, 11) is 1.84. The molecule has 142 valence electrons. The standard InChI is InChI=1S/C19H27N5O.HI/c1-3-25-18-9-11-23(12-10-18)19(20-2)21-13-16-14-22-24(15-16)17-7-5-4-6-8-17;/h4-8,14-15,18H,3,9-13H2,1-2H3,(H,20,21);1H. The van der Waals surface area contributed by atoms with Gasteiger partial charge in [0, 0.05) is 45.0 Å². The zero-order chi connectivity index (χ0) is 17.5. The van der Waals surface area contributed by atoms with Crippen LogP contribution in [0.2, 0.25) is 0 Å². The molecule has 0 bridgehead atoms. The number of likely N-dealkylation sites (tertiary alicyclic amines) is 1. The Kier molecular flexibility index (Phi) is 8.37. The van der Waals surface area contributed by atoms with Gasteiger partial charge in [-0.05, 0) is 31.9 Å². The van der Waals surface area contributed by atoms with Crippen LogP contribution in [-0.4, -0.2) is 53.5 Å². The van der Waals surface area contributed by atoms with E-state index in [4.69, 9.17) is 4.74 Å². The molecule has 1 aromatic heterocycles. The van der Waals surface area contributed by atoms with E-state index >= 15 is 0 Å². The second-order valence-electron chi connectivity index (χ2n) is 6.17. The van der Waals surface area contributed by atoms with Crippen molar-refractivity contribution < 1.29 is 4.74 Å². The predicted molar refractivity (Wildman–Crippen MR) is 115 cm³/mol. The van der Waals surface area contributed by atoms with E-state index in [0.717, 1.165) is 49.7 Å². The molecule has 0 aliphatic carbocycles. The summed E-state index contributed by atoms with van der Waals surface area (Å²) in [5, 5.41) is 7.89. The predicted octanol–water partition coefficient (Wildman–Crippen LogP) is 3.07. The molecule has 3 rings (SSSR count). The van der Waals surface area contributed by atoms with E-state index in [1.54, 1.807) is 0 Å². The minimum atomic E-state index is 0. The van der Waals surface area contributed by atoms with Gasteiger partial charge in [0.25, 0.3) is 0 Å². The molecule has 6 nitrogen and oxygen atoms in total. The Balaban J connectivity index is 0.00000243. The molecule has 0 unspecified atom stereocenters. The highest BCUT2D eigenvalue weighted by Crippen LogP contribution is 2.14. The molecule has 1 saturated heterocycles. The number of aliphatic imine (C=N–C) groups is 1. The van der Waals surface area contributed by atoms with Gasteiger partial charge in [-0.2, -0.15) is 5.10 Å². The highest BCUT2D eigenvalue weighted by atomic mass is 127. The summed E-state index contributed by atoms with van der Waals surface area (Å²) >= 11 is 0. The van der Waals surface area contributed by atoms with Crippen LogP contribution < -0.4 is 5.32 Å². The van der Waals surface area contributed by atoms with E-state index in [-0.39, 0.29) is 24.0 Å². The van der Waals surface area contributed by atoms with Crippen LogP contribution in [0.3, 0.4) is 0 Å². The minimum absolute atomic E-state index is 0. The van der Waals surface area contributed by atoms with Crippen LogP contribution in [0.25, 0.3) is 5.69 Å². The molecule has 0 saturated carbocycles. The van der Waals surface area contributed by atoms with E-state index in [1.165, 1.54) is 0 Å². The number of halogens is 1. The molecular weight excluding hydrogens is 441 g/mol. The molecule has 0 atom stereocenters. The Hall–Kier alpha value is -1.61. The molecule has 0 spiro atoms. The summed E-state index contributed by atoms with van der Waals surface area (Å²) in [6, 6.07) is 10.1. The summed E-state index contributed by atoms with van der Waals surface area (Å²) < 4.78 is 7.62. The lowest BCUT2D eigenvalue weighted by molar-refractivity contribution is 0.0263. The van der Waals surface area contributed by atoms with Gasteiger partial charge >= 0.3 is 0 Å². The van der Waals surface area contributed by atoms with Gasteiger partial charge < -0.3 is 15.0 Å². The number of para-hydroxylation sites is 1. The lowest BCUT2D eigenvalue weighted by Gasteiger charge is -2.34. The van der Waals surface area contributed by atoms with Gasteiger partial charge in [-0.1, -0.05) is 18.2 Å². The van der Waals surface area contributed by atoms with E-state index in [2.05, 4.69) is 33.4 Å². The third-order valence-corrected chi connectivity index (χ3v) is 4.46. The number of guanidine groups is 1. The average molecular weight is 469 g/mol.